The second kappa shape index (κ2) is 5.43. The van der Waals surface area contributed by atoms with Crippen LogP contribution >= 0.6 is 0 Å². The molecule has 20 heavy (non-hydrogen) atoms. The molecule has 0 radical (unpaired) electrons. The summed E-state index contributed by atoms with van der Waals surface area (Å²) in [4.78, 5) is 3.29. The zero-order valence-electron chi connectivity index (χ0n) is 10.7. The summed E-state index contributed by atoms with van der Waals surface area (Å²) >= 11 is 0. The van der Waals surface area contributed by atoms with Crippen LogP contribution in [0.3, 0.4) is 0 Å². The van der Waals surface area contributed by atoms with Crippen LogP contribution in [0.1, 0.15) is 16.5 Å². The Morgan fingerprint density at radius 1 is 1.05 bits per heavy atom. The molecule has 1 atom stereocenters. The van der Waals surface area contributed by atoms with Crippen molar-refractivity contribution in [3.05, 3.63) is 76.9 Å². The molecule has 0 N–H and O–H groups in total. The average molecular weight is 289 g/mol. The second-order valence-electron chi connectivity index (χ2n) is 4.39. The Hall–Kier alpha value is -2.19. The fourth-order valence-corrected chi connectivity index (χ4v) is 3.23. The van der Waals surface area contributed by atoms with E-state index in [2.05, 4.69) is 4.85 Å². The van der Waals surface area contributed by atoms with Gasteiger partial charge in [-0.3, -0.25) is 4.85 Å². The Balaban J connectivity index is 2.48. The standard InChI is InChI=1S/C15H12FNO2S/c1-11-3-9-14(10-4-11)20(18,19)15(17-2)12-5-7-13(16)8-6-12/h3-10,15H,1H3/t15-/m0/s1. The number of nitrogens with zero attached hydrogens (tertiary/aromatic N) is 1. The van der Waals surface area contributed by atoms with Gasteiger partial charge in [0.25, 0.3) is 9.84 Å². The highest BCUT2D eigenvalue weighted by Crippen LogP contribution is 2.30. The smallest absolute Gasteiger partial charge is 0.291 e. The molecular weight excluding hydrogens is 277 g/mol. The van der Waals surface area contributed by atoms with Gasteiger partial charge in [0, 0.05) is 0 Å². The molecule has 5 heteroatoms. The number of rotatable bonds is 3. The first-order valence-corrected chi connectivity index (χ1v) is 7.42. The van der Waals surface area contributed by atoms with Crippen LogP contribution in [0.15, 0.2) is 53.4 Å². The Bertz CT molecular complexity index is 744. The molecule has 2 aromatic carbocycles. The first kappa shape index (κ1) is 14.2. The van der Waals surface area contributed by atoms with Crippen molar-refractivity contribution in [1.82, 2.24) is 0 Å². The number of halogens is 1. The number of aryl methyl sites for hydroxylation is 1. The molecule has 0 unspecified atom stereocenters. The lowest BCUT2D eigenvalue weighted by Gasteiger charge is -2.08. The minimum absolute atomic E-state index is 0.0911. The lowest BCUT2D eigenvalue weighted by Crippen LogP contribution is -2.10. The first-order chi connectivity index (χ1) is 9.45. The topological polar surface area (TPSA) is 38.5 Å². The molecule has 0 bridgehead atoms. The first-order valence-electron chi connectivity index (χ1n) is 5.88. The number of hydrogen-bond donors (Lipinski definition) is 0. The summed E-state index contributed by atoms with van der Waals surface area (Å²) in [6.45, 7) is 9.00. The van der Waals surface area contributed by atoms with E-state index in [1.165, 1.54) is 24.3 Å². The number of hydrogen-bond acceptors (Lipinski definition) is 2. The molecule has 0 fully saturated rings. The minimum Gasteiger partial charge on any atom is -0.291 e. The molecule has 3 nitrogen and oxygen atoms in total. The Morgan fingerprint density at radius 2 is 1.60 bits per heavy atom. The van der Waals surface area contributed by atoms with Crippen molar-refractivity contribution in [2.24, 2.45) is 0 Å². The van der Waals surface area contributed by atoms with E-state index in [4.69, 9.17) is 6.57 Å². The quantitative estimate of drug-likeness (QED) is 0.811. The second-order valence-corrected chi connectivity index (χ2v) is 6.40. The van der Waals surface area contributed by atoms with Gasteiger partial charge in [-0.05, 0) is 43.3 Å². The van der Waals surface area contributed by atoms with Gasteiger partial charge >= 0.3 is 5.37 Å². The molecule has 0 heterocycles. The molecule has 0 saturated carbocycles. The van der Waals surface area contributed by atoms with Gasteiger partial charge in [0.1, 0.15) is 5.82 Å². The zero-order chi connectivity index (χ0) is 14.8. The van der Waals surface area contributed by atoms with E-state index in [0.29, 0.717) is 0 Å². The van der Waals surface area contributed by atoms with Gasteiger partial charge in [0.15, 0.2) is 0 Å². The van der Waals surface area contributed by atoms with Crippen LogP contribution in [0.2, 0.25) is 0 Å². The maximum absolute atomic E-state index is 12.9. The van der Waals surface area contributed by atoms with Crippen LogP contribution in [0, 0.1) is 19.3 Å². The van der Waals surface area contributed by atoms with E-state index in [1.54, 1.807) is 12.1 Å². The number of benzene rings is 2. The summed E-state index contributed by atoms with van der Waals surface area (Å²) in [5.74, 6) is -0.467. The normalized spacial score (nSPS) is 12.7. The molecule has 2 aromatic rings. The van der Waals surface area contributed by atoms with Crippen LogP contribution in [-0.2, 0) is 9.84 Å². The monoisotopic (exact) mass is 289 g/mol. The van der Waals surface area contributed by atoms with E-state index in [9.17, 15) is 12.8 Å². The van der Waals surface area contributed by atoms with Crippen molar-refractivity contribution < 1.29 is 12.8 Å². The largest absolute Gasteiger partial charge is 0.350 e. The third-order valence-corrected chi connectivity index (χ3v) is 4.81. The predicted octanol–water partition coefficient (Wildman–Crippen LogP) is 3.53. The number of sulfone groups is 1. The van der Waals surface area contributed by atoms with Crippen molar-refractivity contribution in [2.45, 2.75) is 17.2 Å². The molecule has 0 aliphatic rings. The molecule has 0 amide bonds. The Kier molecular flexibility index (Phi) is 3.86. The molecule has 0 aromatic heterocycles. The Labute approximate surface area is 117 Å². The van der Waals surface area contributed by atoms with Crippen LogP contribution < -0.4 is 0 Å². The van der Waals surface area contributed by atoms with Crippen molar-refractivity contribution in [2.75, 3.05) is 0 Å². The molecule has 2 rings (SSSR count). The van der Waals surface area contributed by atoms with Gasteiger partial charge in [0.2, 0.25) is 0 Å². The van der Waals surface area contributed by atoms with E-state index in [0.717, 1.165) is 17.7 Å². The average Bonchev–Trinajstić information content (AvgIpc) is 2.42. The van der Waals surface area contributed by atoms with Crippen LogP contribution in [0.5, 0.6) is 0 Å². The summed E-state index contributed by atoms with van der Waals surface area (Å²) < 4.78 is 37.8. The van der Waals surface area contributed by atoms with Gasteiger partial charge in [-0.2, -0.15) is 0 Å². The summed E-state index contributed by atoms with van der Waals surface area (Å²) in [7, 11) is -3.81. The minimum atomic E-state index is -3.81. The van der Waals surface area contributed by atoms with Crippen molar-refractivity contribution >= 4 is 9.84 Å². The third kappa shape index (κ3) is 2.70. The fraction of sp³-hybridized carbons (Fsp3) is 0.133. The van der Waals surface area contributed by atoms with Crippen molar-refractivity contribution in [3.63, 3.8) is 0 Å². The summed E-state index contributed by atoms with van der Waals surface area (Å²) in [5.41, 5.74) is 1.20. The van der Waals surface area contributed by atoms with Crippen molar-refractivity contribution in [1.29, 1.82) is 0 Å². The molecule has 0 saturated heterocycles. The summed E-state index contributed by atoms with van der Waals surface area (Å²) in [6.07, 6.45) is 0. The predicted molar refractivity (Wildman–Crippen MR) is 74.1 cm³/mol. The highest BCUT2D eigenvalue weighted by Gasteiger charge is 2.34. The van der Waals surface area contributed by atoms with E-state index in [1.807, 2.05) is 6.92 Å². The molecule has 0 spiro atoms. The third-order valence-electron chi connectivity index (χ3n) is 2.92. The highest BCUT2D eigenvalue weighted by atomic mass is 32.2. The summed E-state index contributed by atoms with van der Waals surface area (Å²) in [5, 5.41) is -1.36. The zero-order valence-corrected chi connectivity index (χ0v) is 11.6. The SMILES string of the molecule is [C-]#[N+][C@H](c1ccc(F)cc1)S(=O)(=O)c1ccc(C)cc1. The van der Waals surface area contributed by atoms with E-state index in [-0.39, 0.29) is 10.5 Å². The van der Waals surface area contributed by atoms with Crippen LogP contribution in [-0.4, -0.2) is 8.42 Å². The van der Waals surface area contributed by atoms with Gasteiger partial charge in [-0.15, -0.1) is 0 Å². The molecule has 0 aliphatic heterocycles. The van der Waals surface area contributed by atoms with E-state index >= 15 is 0 Å². The lowest BCUT2D eigenvalue weighted by molar-refractivity contribution is 0.589. The van der Waals surface area contributed by atoms with Crippen LogP contribution in [0.25, 0.3) is 4.85 Å². The Morgan fingerprint density at radius 3 is 2.10 bits per heavy atom. The van der Waals surface area contributed by atoms with E-state index < -0.39 is 21.0 Å². The fourth-order valence-electron chi connectivity index (χ4n) is 1.81. The highest BCUT2D eigenvalue weighted by molar-refractivity contribution is 7.91. The maximum atomic E-state index is 12.9. The van der Waals surface area contributed by atoms with Gasteiger partial charge in [-0.25, -0.2) is 19.4 Å². The summed E-state index contributed by atoms with van der Waals surface area (Å²) in [6, 6.07) is 11.3. The van der Waals surface area contributed by atoms with Gasteiger partial charge in [0.05, 0.1) is 10.5 Å². The van der Waals surface area contributed by atoms with Gasteiger partial charge < -0.3 is 0 Å². The van der Waals surface area contributed by atoms with Crippen molar-refractivity contribution in [3.8, 4) is 0 Å². The van der Waals surface area contributed by atoms with Gasteiger partial charge in [-0.1, -0.05) is 17.7 Å². The van der Waals surface area contributed by atoms with Crippen LogP contribution in [0.4, 0.5) is 4.39 Å². The maximum Gasteiger partial charge on any atom is 0.350 e. The molecular formula is C15H12FNO2S. The molecule has 102 valence electrons. The lowest BCUT2D eigenvalue weighted by atomic mass is 10.2. The molecule has 0 aliphatic carbocycles.